The van der Waals surface area contributed by atoms with Crippen molar-refractivity contribution < 1.29 is 13.2 Å². The second-order valence-electron chi connectivity index (χ2n) is 6.38. The van der Waals surface area contributed by atoms with E-state index >= 15 is 0 Å². The van der Waals surface area contributed by atoms with Gasteiger partial charge < -0.3 is 10.1 Å². The van der Waals surface area contributed by atoms with Crippen LogP contribution in [0.3, 0.4) is 0 Å². The molecule has 0 aliphatic heterocycles. The highest BCUT2D eigenvalue weighted by Gasteiger charge is 2.14. The molecule has 1 aromatic heterocycles. The number of hydrogen-bond acceptors (Lipinski definition) is 5. The maximum absolute atomic E-state index is 12.5. The first-order valence-electron chi connectivity index (χ1n) is 8.88. The molecule has 0 atom stereocenters. The lowest BCUT2D eigenvalue weighted by molar-refractivity contribution is 0.414. The molecule has 0 unspecified atom stereocenters. The summed E-state index contributed by atoms with van der Waals surface area (Å²) in [7, 11) is -1.98. The molecule has 3 rings (SSSR count). The third kappa shape index (κ3) is 5.23. The van der Waals surface area contributed by atoms with Crippen molar-refractivity contribution in [3.05, 3.63) is 78.0 Å². The second-order valence-corrected chi connectivity index (χ2v) is 8.06. The van der Waals surface area contributed by atoms with E-state index in [2.05, 4.69) is 15.0 Å². The van der Waals surface area contributed by atoms with Gasteiger partial charge in [0.05, 0.1) is 23.9 Å². The molecule has 28 heavy (non-hydrogen) atoms. The van der Waals surface area contributed by atoms with Crippen molar-refractivity contribution in [2.45, 2.75) is 18.2 Å². The number of methoxy groups -OCH3 is 1. The predicted molar refractivity (Wildman–Crippen MR) is 111 cm³/mol. The number of sulfonamides is 1. The molecular weight excluding hydrogens is 374 g/mol. The van der Waals surface area contributed by atoms with Crippen LogP contribution in [0.15, 0.2) is 71.8 Å². The summed E-state index contributed by atoms with van der Waals surface area (Å²) in [6.07, 6.45) is 2.32. The smallest absolute Gasteiger partial charge is 0.261 e. The average molecular weight is 398 g/mol. The molecule has 0 amide bonds. The predicted octanol–water partition coefficient (Wildman–Crippen LogP) is 3.85. The molecule has 0 saturated heterocycles. The van der Waals surface area contributed by atoms with E-state index in [1.165, 1.54) is 6.20 Å². The maximum Gasteiger partial charge on any atom is 0.261 e. The van der Waals surface area contributed by atoms with Gasteiger partial charge in [0.2, 0.25) is 0 Å². The minimum Gasteiger partial charge on any atom is -0.497 e. The van der Waals surface area contributed by atoms with Crippen molar-refractivity contribution in [2.24, 2.45) is 0 Å². The molecule has 3 aromatic rings. The normalized spacial score (nSPS) is 11.1. The third-order valence-corrected chi connectivity index (χ3v) is 5.55. The van der Waals surface area contributed by atoms with Crippen molar-refractivity contribution in [1.29, 1.82) is 0 Å². The topological polar surface area (TPSA) is 80.3 Å². The Balaban J connectivity index is 1.57. The molecule has 0 aliphatic carbocycles. The zero-order valence-electron chi connectivity index (χ0n) is 15.8. The Bertz CT molecular complexity index is 1030. The van der Waals surface area contributed by atoms with Gasteiger partial charge in [-0.1, -0.05) is 24.3 Å². The lowest BCUT2D eigenvalue weighted by Crippen LogP contribution is -2.13. The van der Waals surface area contributed by atoms with Crippen LogP contribution in [-0.2, 0) is 16.4 Å². The van der Waals surface area contributed by atoms with Crippen molar-refractivity contribution in [3.63, 3.8) is 0 Å². The molecule has 2 aromatic carbocycles. The Hall–Kier alpha value is -3.06. The van der Waals surface area contributed by atoms with Crippen molar-refractivity contribution in [2.75, 3.05) is 23.7 Å². The summed E-state index contributed by atoms with van der Waals surface area (Å²) < 4.78 is 32.7. The number of rotatable bonds is 8. The SMILES string of the molecule is COc1cccc(CCNc2ccc(NS(=O)(=O)c3cccc(C)c3)cn2)c1. The number of ether oxygens (including phenoxy) is 1. The Morgan fingerprint density at radius 3 is 2.57 bits per heavy atom. The van der Waals surface area contributed by atoms with E-state index in [1.807, 2.05) is 37.3 Å². The first kappa shape index (κ1) is 19.7. The van der Waals surface area contributed by atoms with E-state index in [1.54, 1.807) is 37.4 Å². The number of nitrogens with one attached hydrogen (secondary N) is 2. The summed E-state index contributed by atoms with van der Waals surface area (Å²) in [5, 5.41) is 3.23. The largest absolute Gasteiger partial charge is 0.497 e. The number of nitrogens with zero attached hydrogens (tertiary/aromatic N) is 1. The number of pyridine rings is 1. The molecule has 0 radical (unpaired) electrons. The van der Waals surface area contributed by atoms with E-state index in [0.29, 0.717) is 18.1 Å². The van der Waals surface area contributed by atoms with Crippen LogP contribution < -0.4 is 14.8 Å². The summed E-state index contributed by atoms with van der Waals surface area (Å²) in [6, 6.07) is 18.1. The van der Waals surface area contributed by atoms with E-state index in [-0.39, 0.29) is 4.90 Å². The molecule has 2 N–H and O–H groups in total. The van der Waals surface area contributed by atoms with Crippen LogP contribution in [0, 0.1) is 6.92 Å². The molecule has 0 saturated carbocycles. The van der Waals surface area contributed by atoms with Crippen LogP contribution in [0.2, 0.25) is 0 Å². The van der Waals surface area contributed by atoms with Crippen LogP contribution >= 0.6 is 0 Å². The highest BCUT2D eigenvalue weighted by Crippen LogP contribution is 2.18. The fourth-order valence-corrected chi connectivity index (χ4v) is 3.87. The van der Waals surface area contributed by atoms with Crippen molar-refractivity contribution >= 4 is 21.5 Å². The lowest BCUT2D eigenvalue weighted by atomic mass is 10.1. The van der Waals surface area contributed by atoms with Crippen LogP contribution in [0.25, 0.3) is 0 Å². The molecule has 0 aliphatic rings. The fourth-order valence-electron chi connectivity index (χ4n) is 2.72. The van der Waals surface area contributed by atoms with Crippen LogP contribution in [0.1, 0.15) is 11.1 Å². The summed E-state index contributed by atoms with van der Waals surface area (Å²) in [5.74, 6) is 1.52. The number of benzene rings is 2. The van der Waals surface area contributed by atoms with Gasteiger partial charge in [-0.2, -0.15) is 0 Å². The van der Waals surface area contributed by atoms with Gasteiger partial charge >= 0.3 is 0 Å². The molecule has 0 fully saturated rings. The number of aromatic nitrogens is 1. The monoisotopic (exact) mass is 397 g/mol. The zero-order chi connectivity index (χ0) is 20.0. The van der Waals surface area contributed by atoms with Gasteiger partial charge in [-0.25, -0.2) is 13.4 Å². The molecule has 1 heterocycles. The van der Waals surface area contributed by atoms with Gasteiger partial charge in [0.25, 0.3) is 10.0 Å². The molecule has 146 valence electrons. The summed E-state index contributed by atoms with van der Waals surface area (Å²) in [4.78, 5) is 4.51. The number of hydrogen-bond donors (Lipinski definition) is 2. The lowest BCUT2D eigenvalue weighted by Gasteiger charge is -2.10. The van der Waals surface area contributed by atoms with E-state index in [0.717, 1.165) is 23.3 Å². The molecular formula is C21H23N3O3S. The third-order valence-electron chi connectivity index (χ3n) is 4.17. The number of aryl methyl sites for hydroxylation is 1. The van der Waals surface area contributed by atoms with Gasteiger partial charge in [0.1, 0.15) is 11.6 Å². The first-order chi connectivity index (χ1) is 13.5. The van der Waals surface area contributed by atoms with Crippen molar-refractivity contribution in [1.82, 2.24) is 4.98 Å². The minimum atomic E-state index is -3.63. The summed E-state index contributed by atoms with van der Waals surface area (Å²) >= 11 is 0. The van der Waals surface area contributed by atoms with Crippen molar-refractivity contribution in [3.8, 4) is 5.75 Å². The van der Waals surface area contributed by atoms with Gasteiger partial charge in [0.15, 0.2) is 0 Å². The molecule has 7 heteroatoms. The number of anilines is 2. The van der Waals surface area contributed by atoms with Gasteiger partial charge in [-0.15, -0.1) is 0 Å². The van der Waals surface area contributed by atoms with E-state index in [9.17, 15) is 8.42 Å². The fraction of sp³-hybridized carbons (Fsp3) is 0.190. The molecule has 6 nitrogen and oxygen atoms in total. The maximum atomic E-state index is 12.5. The molecule has 0 bridgehead atoms. The van der Waals surface area contributed by atoms with Gasteiger partial charge in [-0.05, 0) is 60.9 Å². The summed E-state index contributed by atoms with van der Waals surface area (Å²) in [6.45, 7) is 2.56. The Morgan fingerprint density at radius 1 is 1.04 bits per heavy atom. The van der Waals surface area contributed by atoms with Crippen LogP contribution in [-0.4, -0.2) is 27.1 Å². The Morgan fingerprint density at radius 2 is 1.86 bits per heavy atom. The van der Waals surface area contributed by atoms with E-state index < -0.39 is 10.0 Å². The highest BCUT2D eigenvalue weighted by atomic mass is 32.2. The van der Waals surface area contributed by atoms with Crippen LogP contribution in [0.5, 0.6) is 5.75 Å². The zero-order valence-corrected chi connectivity index (χ0v) is 16.7. The Labute approximate surface area is 165 Å². The average Bonchev–Trinajstić information content (AvgIpc) is 2.69. The first-order valence-corrected chi connectivity index (χ1v) is 10.4. The standard InChI is InChI=1S/C21H23N3O3S/c1-16-5-3-8-20(13-16)28(25,26)24-18-9-10-21(23-15-18)22-12-11-17-6-4-7-19(14-17)27-2/h3-10,13-15,24H,11-12H2,1-2H3,(H,22,23). The summed E-state index contributed by atoms with van der Waals surface area (Å²) in [5.41, 5.74) is 2.46. The quantitative estimate of drug-likeness (QED) is 0.603. The second kappa shape index (κ2) is 8.75. The highest BCUT2D eigenvalue weighted by molar-refractivity contribution is 7.92. The van der Waals surface area contributed by atoms with Crippen LogP contribution in [0.4, 0.5) is 11.5 Å². The minimum absolute atomic E-state index is 0.230. The van der Waals surface area contributed by atoms with Gasteiger partial charge in [0, 0.05) is 6.54 Å². The van der Waals surface area contributed by atoms with E-state index in [4.69, 9.17) is 4.74 Å². The molecule has 0 spiro atoms. The Kier molecular flexibility index (Phi) is 6.16. The van der Waals surface area contributed by atoms with Gasteiger partial charge in [-0.3, -0.25) is 4.72 Å².